The Labute approximate surface area is 121 Å². The van der Waals surface area contributed by atoms with E-state index in [1.807, 2.05) is 20.8 Å². The highest BCUT2D eigenvalue weighted by molar-refractivity contribution is 7.88. The van der Waals surface area contributed by atoms with Gasteiger partial charge in [-0.1, -0.05) is 26.0 Å². The van der Waals surface area contributed by atoms with E-state index in [0.29, 0.717) is 12.1 Å². The molecule has 0 heterocycles. The second kappa shape index (κ2) is 7.71. The molecule has 1 atom stereocenters. The van der Waals surface area contributed by atoms with Gasteiger partial charge in [0.25, 0.3) is 0 Å². The molecule has 0 spiro atoms. The topological polar surface area (TPSA) is 49.4 Å². The summed E-state index contributed by atoms with van der Waals surface area (Å²) in [5, 5.41) is 0. The monoisotopic (exact) mass is 302 g/mol. The fourth-order valence-corrected chi connectivity index (χ4v) is 3.30. The Bertz CT molecular complexity index is 498. The Kier molecular flexibility index (Phi) is 6.58. The van der Waals surface area contributed by atoms with Crippen LogP contribution in [0.5, 0.6) is 0 Å². The summed E-state index contributed by atoms with van der Waals surface area (Å²) in [6.07, 6.45) is 0. The van der Waals surface area contributed by atoms with Crippen LogP contribution in [0.2, 0.25) is 0 Å². The van der Waals surface area contributed by atoms with Crippen molar-refractivity contribution in [2.75, 3.05) is 19.6 Å². The molecule has 0 amide bonds. The fraction of sp³-hybridized carbons (Fsp3) is 0.571. The number of rotatable bonds is 8. The van der Waals surface area contributed by atoms with E-state index in [0.717, 1.165) is 13.1 Å². The van der Waals surface area contributed by atoms with Crippen LogP contribution in [-0.4, -0.2) is 39.0 Å². The van der Waals surface area contributed by atoms with Gasteiger partial charge in [0, 0.05) is 12.6 Å². The van der Waals surface area contributed by atoms with Crippen LogP contribution < -0.4 is 4.72 Å². The number of hydrogen-bond donors (Lipinski definition) is 1. The highest BCUT2D eigenvalue weighted by Gasteiger charge is 2.15. The number of benzene rings is 1. The minimum Gasteiger partial charge on any atom is -0.300 e. The van der Waals surface area contributed by atoms with E-state index < -0.39 is 10.0 Å². The first-order chi connectivity index (χ1) is 9.38. The van der Waals surface area contributed by atoms with Crippen LogP contribution in [0, 0.1) is 5.82 Å². The van der Waals surface area contributed by atoms with Crippen molar-refractivity contribution in [3.8, 4) is 0 Å². The standard InChI is InChI=1S/C14H23FN2O2S/c1-4-17(5-2)12(3)10-16-20(18,19)11-13-6-8-14(15)9-7-13/h6-9,12,16H,4-5,10-11H2,1-3H3/t12-/m1/s1. The first kappa shape index (κ1) is 17.1. The molecule has 0 unspecified atom stereocenters. The molecule has 0 saturated heterocycles. The van der Waals surface area contributed by atoms with E-state index in [9.17, 15) is 12.8 Å². The zero-order chi connectivity index (χ0) is 15.2. The van der Waals surface area contributed by atoms with Gasteiger partial charge in [0.1, 0.15) is 5.82 Å². The molecule has 1 N–H and O–H groups in total. The molecule has 6 heteroatoms. The maximum absolute atomic E-state index is 12.8. The first-order valence-electron chi connectivity index (χ1n) is 6.83. The van der Waals surface area contributed by atoms with Gasteiger partial charge < -0.3 is 0 Å². The summed E-state index contributed by atoms with van der Waals surface area (Å²) in [5.74, 6) is -0.493. The number of halogens is 1. The summed E-state index contributed by atoms with van der Waals surface area (Å²) in [4.78, 5) is 2.18. The summed E-state index contributed by atoms with van der Waals surface area (Å²) >= 11 is 0. The van der Waals surface area contributed by atoms with Crippen LogP contribution in [0.15, 0.2) is 24.3 Å². The van der Waals surface area contributed by atoms with Gasteiger partial charge in [-0.25, -0.2) is 17.5 Å². The average molecular weight is 302 g/mol. The lowest BCUT2D eigenvalue weighted by Gasteiger charge is -2.26. The van der Waals surface area contributed by atoms with Gasteiger partial charge in [0.05, 0.1) is 5.75 Å². The Balaban J connectivity index is 2.55. The maximum atomic E-state index is 12.8. The minimum absolute atomic E-state index is 0.127. The second-order valence-electron chi connectivity index (χ2n) is 4.80. The predicted molar refractivity (Wildman–Crippen MR) is 79.4 cm³/mol. The van der Waals surface area contributed by atoms with E-state index >= 15 is 0 Å². The summed E-state index contributed by atoms with van der Waals surface area (Å²) in [7, 11) is -3.39. The van der Waals surface area contributed by atoms with Crippen molar-refractivity contribution in [3.05, 3.63) is 35.6 Å². The average Bonchev–Trinajstić information content (AvgIpc) is 2.40. The largest absolute Gasteiger partial charge is 0.300 e. The Morgan fingerprint density at radius 3 is 2.25 bits per heavy atom. The van der Waals surface area contributed by atoms with Gasteiger partial charge >= 0.3 is 0 Å². The molecule has 0 aliphatic heterocycles. The normalized spacial score (nSPS) is 13.7. The SMILES string of the molecule is CCN(CC)[C@H](C)CNS(=O)(=O)Cc1ccc(F)cc1. The van der Waals surface area contributed by atoms with Gasteiger partial charge in [-0.05, 0) is 37.7 Å². The molecule has 4 nitrogen and oxygen atoms in total. The number of hydrogen-bond acceptors (Lipinski definition) is 3. The molecule has 0 saturated carbocycles. The highest BCUT2D eigenvalue weighted by atomic mass is 32.2. The summed E-state index contributed by atoms with van der Waals surface area (Å²) in [5.41, 5.74) is 0.578. The highest BCUT2D eigenvalue weighted by Crippen LogP contribution is 2.07. The lowest BCUT2D eigenvalue weighted by atomic mass is 10.2. The van der Waals surface area contributed by atoms with Crippen molar-refractivity contribution >= 4 is 10.0 Å². The van der Waals surface area contributed by atoms with E-state index in [1.54, 1.807) is 0 Å². The molecule has 1 aromatic rings. The molecule has 0 radical (unpaired) electrons. The molecule has 114 valence electrons. The van der Waals surface area contributed by atoms with Crippen molar-refractivity contribution < 1.29 is 12.8 Å². The predicted octanol–water partition coefficient (Wildman–Crippen LogP) is 1.98. The maximum Gasteiger partial charge on any atom is 0.215 e. The van der Waals surface area contributed by atoms with Crippen LogP contribution in [0.3, 0.4) is 0 Å². The fourth-order valence-electron chi connectivity index (χ4n) is 2.07. The molecule has 0 bridgehead atoms. The van der Waals surface area contributed by atoms with Crippen molar-refractivity contribution in [1.29, 1.82) is 0 Å². The van der Waals surface area contributed by atoms with Crippen LogP contribution >= 0.6 is 0 Å². The van der Waals surface area contributed by atoms with Crippen LogP contribution in [0.25, 0.3) is 0 Å². The van der Waals surface area contributed by atoms with E-state index in [-0.39, 0.29) is 17.6 Å². The van der Waals surface area contributed by atoms with Crippen LogP contribution in [0.1, 0.15) is 26.3 Å². The van der Waals surface area contributed by atoms with Gasteiger partial charge in [-0.15, -0.1) is 0 Å². The van der Waals surface area contributed by atoms with Crippen LogP contribution in [0.4, 0.5) is 4.39 Å². The van der Waals surface area contributed by atoms with E-state index in [4.69, 9.17) is 0 Å². The van der Waals surface area contributed by atoms with Crippen molar-refractivity contribution in [2.45, 2.75) is 32.6 Å². The van der Waals surface area contributed by atoms with E-state index in [2.05, 4.69) is 9.62 Å². The zero-order valence-electron chi connectivity index (χ0n) is 12.3. The third-order valence-electron chi connectivity index (χ3n) is 3.30. The Morgan fingerprint density at radius 1 is 1.20 bits per heavy atom. The molecule has 1 rings (SSSR count). The number of sulfonamides is 1. The summed E-state index contributed by atoms with van der Waals surface area (Å²) in [6.45, 7) is 8.24. The Morgan fingerprint density at radius 2 is 1.75 bits per heavy atom. The van der Waals surface area contributed by atoms with Gasteiger partial charge in [0.2, 0.25) is 10.0 Å². The second-order valence-corrected chi connectivity index (χ2v) is 6.61. The van der Waals surface area contributed by atoms with Crippen molar-refractivity contribution in [1.82, 2.24) is 9.62 Å². The molecule has 0 aliphatic rings. The first-order valence-corrected chi connectivity index (χ1v) is 8.49. The lowest BCUT2D eigenvalue weighted by Crippen LogP contribution is -2.42. The number of nitrogens with zero attached hydrogens (tertiary/aromatic N) is 1. The molecule has 0 fully saturated rings. The molecule has 0 aromatic heterocycles. The zero-order valence-corrected chi connectivity index (χ0v) is 13.1. The van der Waals surface area contributed by atoms with E-state index in [1.165, 1.54) is 24.3 Å². The van der Waals surface area contributed by atoms with Crippen molar-refractivity contribution in [2.24, 2.45) is 0 Å². The number of likely N-dealkylation sites (N-methyl/N-ethyl adjacent to an activating group) is 1. The minimum atomic E-state index is -3.39. The summed E-state index contributed by atoms with van der Waals surface area (Å²) < 4.78 is 39.3. The van der Waals surface area contributed by atoms with Gasteiger partial charge in [-0.3, -0.25) is 4.90 Å². The molecule has 0 aliphatic carbocycles. The molecule has 20 heavy (non-hydrogen) atoms. The molecule has 1 aromatic carbocycles. The van der Waals surface area contributed by atoms with Crippen molar-refractivity contribution in [3.63, 3.8) is 0 Å². The Hall–Kier alpha value is -0.980. The quantitative estimate of drug-likeness (QED) is 0.799. The third kappa shape index (κ3) is 5.56. The summed E-state index contributed by atoms with van der Waals surface area (Å²) in [6, 6.07) is 5.66. The van der Waals surface area contributed by atoms with Gasteiger partial charge in [0.15, 0.2) is 0 Å². The van der Waals surface area contributed by atoms with Gasteiger partial charge in [-0.2, -0.15) is 0 Å². The molecular weight excluding hydrogens is 279 g/mol. The third-order valence-corrected chi connectivity index (χ3v) is 4.62. The molecular formula is C14H23FN2O2S. The number of nitrogens with one attached hydrogen (secondary N) is 1. The lowest BCUT2D eigenvalue weighted by molar-refractivity contribution is 0.232. The van der Waals surface area contributed by atoms with Crippen LogP contribution in [-0.2, 0) is 15.8 Å². The smallest absolute Gasteiger partial charge is 0.215 e.